The normalized spacial score (nSPS) is 10.9. The number of hydrogen-bond acceptors (Lipinski definition) is 4. The van der Waals surface area contributed by atoms with Gasteiger partial charge < -0.3 is 4.74 Å². The Morgan fingerprint density at radius 1 is 1.26 bits per heavy atom. The number of hydrogen-bond donors (Lipinski definition) is 1. The van der Waals surface area contributed by atoms with Crippen molar-refractivity contribution in [2.24, 2.45) is 12.1 Å². The maximum Gasteiger partial charge on any atom is 0.290 e. The minimum absolute atomic E-state index is 0.346. The van der Waals surface area contributed by atoms with Crippen LogP contribution in [-0.2, 0) is 13.7 Å². The molecule has 8 heteroatoms. The molecule has 1 amide bonds. The van der Waals surface area contributed by atoms with Gasteiger partial charge >= 0.3 is 0 Å². The molecule has 1 heterocycles. The Morgan fingerprint density at radius 2 is 1.96 bits per heavy atom. The van der Waals surface area contributed by atoms with E-state index in [4.69, 9.17) is 16.3 Å². The highest BCUT2D eigenvalue weighted by molar-refractivity contribution is 9.10. The zero-order chi connectivity index (χ0) is 19.2. The second kappa shape index (κ2) is 8.83. The van der Waals surface area contributed by atoms with Crippen molar-refractivity contribution in [3.05, 3.63) is 81.0 Å². The van der Waals surface area contributed by atoms with Gasteiger partial charge in [-0.1, -0.05) is 23.7 Å². The summed E-state index contributed by atoms with van der Waals surface area (Å²) in [6.45, 7) is 0.459. The fourth-order valence-corrected chi connectivity index (χ4v) is 2.94. The van der Waals surface area contributed by atoms with Gasteiger partial charge in [-0.25, -0.2) is 5.43 Å². The van der Waals surface area contributed by atoms with E-state index in [0.29, 0.717) is 21.8 Å². The number of amides is 1. The third-order valence-corrected chi connectivity index (χ3v) is 4.52. The molecule has 3 rings (SSSR count). The van der Waals surface area contributed by atoms with Gasteiger partial charge in [0.25, 0.3) is 5.91 Å². The number of carbonyl (C=O) groups is 1. The molecule has 0 atom stereocenters. The van der Waals surface area contributed by atoms with Crippen LogP contribution in [0.25, 0.3) is 0 Å². The van der Waals surface area contributed by atoms with E-state index < -0.39 is 0 Å². The minimum Gasteiger partial charge on any atom is -0.489 e. The van der Waals surface area contributed by atoms with E-state index >= 15 is 0 Å². The predicted molar refractivity (Wildman–Crippen MR) is 108 cm³/mol. The number of carbonyl (C=O) groups excluding carboxylic acids is 1. The molecule has 138 valence electrons. The van der Waals surface area contributed by atoms with E-state index in [1.807, 2.05) is 48.5 Å². The monoisotopic (exact) mass is 446 g/mol. The first-order chi connectivity index (χ1) is 13.0. The molecule has 0 saturated carbocycles. The highest BCUT2D eigenvalue weighted by atomic mass is 79.9. The second-order valence-electron chi connectivity index (χ2n) is 5.65. The first-order valence-corrected chi connectivity index (χ1v) is 9.18. The standard InChI is InChI=1S/C19H16BrClN4O2/c1-25-18(17(20)11-23-25)19(26)24-22-10-13-4-8-16(9-5-13)27-12-14-2-6-15(21)7-3-14/h2-11H,12H2,1H3,(H,24,26). The van der Waals surface area contributed by atoms with E-state index in [2.05, 4.69) is 31.6 Å². The molecule has 0 unspecified atom stereocenters. The van der Waals surface area contributed by atoms with Crippen molar-refractivity contribution in [3.63, 3.8) is 0 Å². The summed E-state index contributed by atoms with van der Waals surface area (Å²) in [5, 5.41) is 8.66. The van der Waals surface area contributed by atoms with Crippen LogP contribution in [0.4, 0.5) is 0 Å². The maximum absolute atomic E-state index is 12.1. The van der Waals surface area contributed by atoms with Gasteiger partial charge in [0.2, 0.25) is 0 Å². The first kappa shape index (κ1) is 19.1. The van der Waals surface area contributed by atoms with Gasteiger partial charge in [0.1, 0.15) is 18.1 Å². The predicted octanol–water partition coefficient (Wildman–Crippen LogP) is 4.18. The summed E-state index contributed by atoms with van der Waals surface area (Å²) in [7, 11) is 1.69. The van der Waals surface area contributed by atoms with Gasteiger partial charge in [0, 0.05) is 12.1 Å². The van der Waals surface area contributed by atoms with Crippen molar-refractivity contribution in [1.29, 1.82) is 0 Å². The van der Waals surface area contributed by atoms with E-state index in [1.165, 1.54) is 4.68 Å². The van der Waals surface area contributed by atoms with Crippen molar-refractivity contribution in [3.8, 4) is 5.75 Å². The lowest BCUT2D eigenvalue weighted by atomic mass is 10.2. The molecule has 6 nitrogen and oxygen atoms in total. The number of hydrazone groups is 1. The number of rotatable bonds is 6. The Labute approximate surface area is 169 Å². The summed E-state index contributed by atoms with van der Waals surface area (Å²) >= 11 is 9.15. The van der Waals surface area contributed by atoms with E-state index in [0.717, 1.165) is 16.9 Å². The van der Waals surface area contributed by atoms with Crippen LogP contribution >= 0.6 is 27.5 Å². The molecule has 0 fully saturated rings. The molecule has 0 bridgehead atoms. The summed E-state index contributed by atoms with van der Waals surface area (Å²) < 4.78 is 7.82. The zero-order valence-corrected chi connectivity index (χ0v) is 16.7. The maximum atomic E-state index is 12.1. The van der Waals surface area contributed by atoms with Gasteiger partial charge in [0.15, 0.2) is 0 Å². The van der Waals surface area contributed by atoms with Crippen LogP contribution in [-0.4, -0.2) is 21.9 Å². The van der Waals surface area contributed by atoms with Crippen LogP contribution in [0, 0.1) is 0 Å². The largest absolute Gasteiger partial charge is 0.489 e. The Morgan fingerprint density at radius 3 is 2.59 bits per heavy atom. The minimum atomic E-state index is -0.346. The third kappa shape index (κ3) is 5.18. The number of ether oxygens (including phenoxy) is 1. The summed E-state index contributed by atoms with van der Waals surface area (Å²) in [5.41, 5.74) is 4.75. The van der Waals surface area contributed by atoms with Gasteiger partial charge in [-0.3, -0.25) is 9.48 Å². The molecule has 1 N–H and O–H groups in total. The molecule has 0 spiro atoms. The SMILES string of the molecule is Cn1ncc(Br)c1C(=O)NN=Cc1ccc(OCc2ccc(Cl)cc2)cc1. The molecular weight excluding hydrogens is 432 g/mol. The summed E-state index contributed by atoms with van der Waals surface area (Å²) in [5.74, 6) is 0.394. The Bertz CT molecular complexity index is 933. The Kier molecular flexibility index (Phi) is 6.26. The molecule has 27 heavy (non-hydrogen) atoms. The van der Waals surface area contributed by atoms with E-state index in [9.17, 15) is 4.79 Å². The topological polar surface area (TPSA) is 68.5 Å². The fourth-order valence-electron chi connectivity index (χ4n) is 2.28. The lowest BCUT2D eigenvalue weighted by molar-refractivity contribution is 0.0945. The Hall–Kier alpha value is -2.64. The quantitative estimate of drug-likeness (QED) is 0.455. The number of nitrogens with zero attached hydrogens (tertiary/aromatic N) is 3. The van der Waals surface area contributed by atoms with Gasteiger partial charge in [-0.2, -0.15) is 10.2 Å². The summed E-state index contributed by atoms with van der Waals surface area (Å²) in [6, 6.07) is 14.9. The lowest BCUT2D eigenvalue weighted by Gasteiger charge is -2.06. The summed E-state index contributed by atoms with van der Waals surface area (Å²) in [4.78, 5) is 12.1. The Balaban J connectivity index is 1.53. The highest BCUT2D eigenvalue weighted by Crippen LogP contribution is 2.16. The number of nitrogens with one attached hydrogen (secondary N) is 1. The molecule has 0 aliphatic carbocycles. The molecule has 1 aromatic heterocycles. The van der Waals surface area contributed by atoms with Gasteiger partial charge in [0.05, 0.1) is 16.9 Å². The van der Waals surface area contributed by atoms with Crippen molar-refractivity contribution < 1.29 is 9.53 Å². The molecule has 0 aliphatic rings. The second-order valence-corrected chi connectivity index (χ2v) is 6.94. The number of aromatic nitrogens is 2. The molecular formula is C19H16BrClN4O2. The molecule has 0 radical (unpaired) electrons. The van der Waals surface area contributed by atoms with Crippen LogP contribution < -0.4 is 10.2 Å². The average molecular weight is 448 g/mol. The fraction of sp³-hybridized carbons (Fsp3) is 0.105. The van der Waals surface area contributed by atoms with Crippen LogP contribution in [0.2, 0.25) is 5.02 Å². The van der Waals surface area contributed by atoms with E-state index in [-0.39, 0.29) is 5.91 Å². The number of benzene rings is 2. The molecule has 2 aromatic carbocycles. The third-order valence-electron chi connectivity index (χ3n) is 3.69. The molecule has 3 aromatic rings. The van der Waals surface area contributed by atoms with Crippen molar-refractivity contribution in [2.75, 3.05) is 0 Å². The molecule has 0 aliphatic heterocycles. The summed E-state index contributed by atoms with van der Waals surface area (Å²) in [6.07, 6.45) is 3.12. The number of aryl methyl sites for hydroxylation is 1. The van der Waals surface area contributed by atoms with Crippen LogP contribution in [0.3, 0.4) is 0 Å². The van der Waals surface area contributed by atoms with Crippen LogP contribution in [0.15, 0.2) is 64.3 Å². The average Bonchev–Trinajstić information content (AvgIpc) is 3.00. The highest BCUT2D eigenvalue weighted by Gasteiger charge is 2.14. The number of halogens is 2. The van der Waals surface area contributed by atoms with E-state index in [1.54, 1.807) is 19.5 Å². The van der Waals surface area contributed by atoms with Crippen LogP contribution in [0.5, 0.6) is 5.75 Å². The van der Waals surface area contributed by atoms with Crippen molar-refractivity contribution in [1.82, 2.24) is 15.2 Å². The van der Waals surface area contributed by atoms with Gasteiger partial charge in [-0.15, -0.1) is 0 Å². The lowest BCUT2D eigenvalue weighted by Crippen LogP contribution is -2.21. The van der Waals surface area contributed by atoms with Crippen LogP contribution in [0.1, 0.15) is 21.6 Å². The zero-order valence-electron chi connectivity index (χ0n) is 14.4. The smallest absolute Gasteiger partial charge is 0.290 e. The van der Waals surface area contributed by atoms with Crippen molar-refractivity contribution in [2.45, 2.75) is 6.61 Å². The molecule has 0 saturated heterocycles. The van der Waals surface area contributed by atoms with Crippen molar-refractivity contribution >= 4 is 39.7 Å². The van der Waals surface area contributed by atoms with Gasteiger partial charge in [-0.05, 0) is 63.5 Å². The first-order valence-electron chi connectivity index (χ1n) is 8.01.